The lowest BCUT2D eigenvalue weighted by Crippen LogP contribution is -2.61. The molecule has 174 valence electrons. The van der Waals surface area contributed by atoms with E-state index in [1.807, 2.05) is 47.4 Å². The number of primary amides is 1. The molecule has 2 saturated heterocycles. The first-order valence-corrected chi connectivity index (χ1v) is 11.8. The van der Waals surface area contributed by atoms with E-state index in [1.54, 1.807) is 4.90 Å². The Bertz CT molecular complexity index is 1100. The third-order valence-electron chi connectivity index (χ3n) is 7.40. The summed E-state index contributed by atoms with van der Waals surface area (Å²) in [6.07, 6.45) is -0.862. The van der Waals surface area contributed by atoms with E-state index < -0.39 is 30.2 Å². The lowest BCUT2D eigenvalue weighted by atomic mass is 9.76. The summed E-state index contributed by atoms with van der Waals surface area (Å²) in [4.78, 5) is 28.9. The van der Waals surface area contributed by atoms with Gasteiger partial charge in [0, 0.05) is 24.4 Å². The van der Waals surface area contributed by atoms with Crippen LogP contribution >= 0.6 is 12.2 Å². The van der Waals surface area contributed by atoms with E-state index in [4.69, 9.17) is 18.0 Å². The van der Waals surface area contributed by atoms with Crippen LogP contribution in [0.5, 0.6) is 0 Å². The van der Waals surface area contributed by atoms with Gasteiger partial charge in [-0.1, -0.05) is 36.4 Å². The molecule has 3 fully saturated rings. The molecule has 2 amide bonds. The minimum absolute atomic E-state index is 0.0874. The highest BCUT2D eigenvalue weighted by molar-refractivity contribution is 7.80. The molecule has 1 saturated carbocycles. The van der Waals surface area contributed by atoms with Crippen LogP contribution < -0.4 is 16.0 Å². The van der Waals surface area contributed by atoms with Gasteiger partial charge in [0.25, 0.3) is 0 Å². The largest absolute Gasteiger partial charge is 0.390 e. The number of nitrogens with zero attached hydrogens (tertiary/aromatic N) is 2. The first kappa shape index (κ1) is 22.1. The number of amides is 2. The molecule has 2 heterocycles. The van der Waals surface area contributed by atoms with Crippen molar-refractivity contribution in [1.82, 2.24) is 10.2 Å². The number of fused-ring (bicyclic) bond motifs is 2. The zero-order valence-corrected chi connectivity index (χ0v) is 18.9. The third kappa shape index (κ3) is 3.74. The lowest BCUT2D eigenvalue weighted by Gasteiger charge is -2.44. The number of piperidine rings is 1. The number of benzene rings is 2. The highest BCUT2D eigenvalue weighted by Gasteiger charge is 2.55. The van der Waals surface area contributed by atoms with E-state index in [0.29, 0.717) is 31.0 Å². The molecule has 0 bridgehead atoms. The number of aliphatic hydroxyl groups is 2. The smallest absolute Gasteiger partial charge is 0.227 e. The minimum Gasteiger partial charge on any atom is -0.390 e. The van der Waals surface area contributed by atoms with Crippen LogP contribution in [0.2, 0.25) is 0 Å². The molecule has 2 aromatic carbocycles. The number of nitrogens with one attached hydrogen (secondary N) is 1. The van der Waals surface area contributed by atoms with Crippen LogP contribution in [0, 0.1) is 11.8 Å². The summed E-state index contributed by atoms with van der Waals surface area (Å²) < 4.78 is 0. The van der Waals surface area contributed by atoms with Crippen LogP contribution in [0.15, 0.2) is 42.5 Å². The van der Waals surface area contributed by atoms with Crippen LogP contribution in [-0.4, -0.2) is 69.4 Å². The molecule has 0 radical (unpaired) electrons. The number of hydrogen-bond donors (Lipinski definition) is 4. The van der Waals surface area contributed by atoms with Gasteiger partial charge in [-0.25, -0.2) is 0 Å². The van der Waals surface area contributed by atoms with E-state index in [1.165, 1.54) is 0 Å². The van der Waals surface area contributed by atoms with Crippen molar-refractivity contribution in [3.8, 4) is 0 Å². The van der Waals surface area contributed by atoms with Crippen molar-refractivity contribution in [3.05, 3.63) is 42.5 Å². The second-order valence-corrected chi connectivity index (χ2v) is 9.62. The Balaban J connectivity index is 1.50. The predicted molar refractivity (Wildman–Crippen MR) is 128 cm³/mol. The number of aliphatic hydroxyl groups excluding tert-OH is 2. The average Bonchev–Trinajstić information content (AvgIpc) is 3.17. The number of rotatable bonds is 3. The molecule has 0 aromatic heterocycles. The van der Waals surface area contributed by atoms with Gasteiger partial charge in [-0.2, -0.15) is 0 Å². The molecule has 9 heteroatoms. The Labute approximate surface area is 197 Å². The monoisotopic (exact) mass is 468 g/mol. The Morgan fingerprint density at radius 3 is 2.48 bits per heavy atom. The topological polar surface area (TPSA) is 119 Å². The molecule has 3 aliphatic rings. The Hall–Kier alpha value is -2.75. The van der Waals surface area contributed by atoms with E-state index in [0.717, 1.165) is 16.5 Å². The first-order valence-electron chi connectivity index (χ1n) is 11.4. The maximum absolute atomic E-state index is 13.7. The zero-order chi connectivity index (χ0) is 23.3. The SMILES string of the molecule is NC(=O)C1CCN(C(=O)[C@@H]2C[C@@H](O)[C@H](O)[C@@H]3NC(=S)N(c4cccc5ccccc45)[C@H]32)CC1. The predicted octanol–water partition coefficient (Wildman–Crippen LogP) is 0.737. The number of likely N-dealkylation sites (tertiary alicyclic amines) is 1. The zero-order valence-electron chi connectivity index (χ0n) is 18.1. The molecule has 5 atom stereocenters. The van der Waals surface area contributed by atoms with Gasteiger partial charge in [-0.15, -0.1) is 0 Å². The van der Waals surface area contributed by atoms with Gasteiger partial charge in [-0.3, -0.25) is 9.59 Å². The maximum Gasteiger partial charge on any atom is 0.227 e. The van der Waals surface area contributed by atoms with E-state index in [9.17, 15) is 19.8 Å². The highest BCUT2D eigenvalue weighted by atomic mass is 32.1. The van der Waals surface area contributed by atoms with Gasteiger partial charge in [-0.05, 0) is 42.9 Å². The summed E-state index contributed by atoms with van der Waals surface area (Å²) >= 11 is 5.68. The fourth-order valence-corrected chi connectivity index (χ4v) is 6.00. The second-order valence-electron chi connectivity index (χ2n) is 9.24. The normalized spacial score (nSPS) is 30.2. The van der Waals surface area contributed by atoms with Crippen molar-refractivity contribution in [2.75, 3.05) is 18.0 Å². The van der Waals surface area contributed by atoms with Gasteiger partial charge in [0.05, 0.1) is 29.8 Å². The average molecular weight is 469 g/mol. The van der Waals surface area contributed by atoms with Crippen LogP contribution in [0.25, 0.3) is 10.8 Å². The van der Waals surface area contributed by atoms with Crippen molar-refractivity contribution in [2.24, 2.45) is 17.6 Å². The molecular weight excluding hydrogens is 440 g/mol. The molecule has 8 nitrogen and oxygen atoms in total. The van der Waals surface area contributed by atoms with Gasteiger partial charge in [0.1, 0.15) is 6.10 Å². The second kappa shape index (κ2) is 8.55. The highest BCUT2D eigenvalue weighted by Crippen LogP contribution is 2.40. The summed E-state index contributed by atoms with van der Waals surface area (Å²) in [6, 6.07) is 12.9. The van der Waals surface area contributed by atoms with Crippen molar-refractivity contribution in [2.45, 2.75) is 43.6 Å². The van der Waals surface area contributed by atoms with E-state index in [2.05, 4.69) is 5.32 Å². The first-order chi connectivity index (χ1) is 15.9. The number of carbonyl (C=O) groups is 2. The Kier molecular flexibility index (Phi) is 5.72. The lowest BCUT2D eigenvalue weighted by molar-refractivity contribution is -0.144. The van der Waals surface area contributed by atoms with Gasteiger partial charge < -0.3 is 31.1 Å². The summed E-state index contributed by atoms with van der Waals surface area (Å²) in [5.41, 5.74) is 6.31. The standard InChI is InChI=1S/C24H28N4O4S/c25-22(31)14-8-10-27(11-9-14)23(32)16-12-18(29)21(30)19-20(16)28(24(33)26-19)17-7-3-5-13-4-1-2-6-15(13)17/h1-7,14,16,18-21,29-30H,8-12H2,(H2,25,31)(H,26,33)/t16-,18-,19-,20+,21+/m1/s1. The molecule has 0 unspecified atom stereocenters. The molecule has 2 aliphatic heterocycles. The number of carbonyl (C=O) groups excluding carboxylic acids is 2. The maximum atomic E-state index is 13.7. The van der Waals surface area contributed by atoms with Gasteiger partial charge in [0.15, 0.2) is 5.11 Å². The quantitative estimate of drug-likeness (QED) is 0.491. The summed E-state index contributed by atoms with van der Waals surface area (Å²) in [5.74, 6) is -1.19. The third-order valence-corrected chi connectivity index (χ3v) is 7.71. The number of nitrogens with two attached hydrogens (primary N) is 1. The molecule has 5 rings (SSSR count). The number of thiocarbonyl (C=S) groups is 1. The molecule has 5 N–H and O–H groups in total. The molecule has 1 aliphatic carbocycles. The van der Waals surface area contributed by atoms with Gasteiger partial charge >= 0.3 is 0 Å². The van der Waals surface area contributed by atoms with Crippen LogP contribution in [0.3, 0.4) is 0 Å². The number of hydrogen-bond acceptors (Lipinski definition) is 5. The van der Waals surface area contributed by atoms with E-state index >= 15 is 0 Å². The van der Waals surface area contributed by atoms with Crippen molar-refractivity contribution in [3.63, 3.8) is 0 Å². The van der Waals surface area contributed by atoms with Crippen LogP contribution in [0.1, 0.15) is 19.3 Å². The Morgan fingerprint density at radius 1 is 1.06 bits per heavy atom. The summed E-state index contributed by atoms with van der Waals surface area (Å²) in [5, 5.41) is 27.0. The summed E-state index contributed by atoms with van der Waals surface area (Å²) in [7, 11) is 0. The van der Waals surface area contributed by atoms with Crippen molar-refractivity contribution >= 4 is 45.6 Å². The summed E-state index contributed by atoms with van der Waals surface area (Å²) in [6.45, 7) is 0.899. The van der Waals surface area contributed by atoms with Gasteiger partial charge in [0.2, 0.25) is 11.8 Å². The minimum atomic E-state index is -1.04. The fraction of sp³-hybridized carbons (Fsp3) is 0.458. The Morgan fingerprint density at radius 2 is 1.76 bits per heavy atom. The van der Waals surface area contributed by atoms with Crippen molar-refractivity contribution in [1.29, 1.82) is 0 Å². The fourth-order valence-electron chi connectivity index (χ4n) is 5.64. The molecule has 33 heavy (non-hydrogen) atoms. The molecule has 2 aromatic rings. The molecular formula is C24H28N4O4S. The van der Waals surface area contributed by atoms with Crippen LogP contribution in [-0.2, 0) is 9.59 Å². The van der Waals surface area contributed by atoms with Crippen molar-refractivity contribution < 1.29 is 19.8 Å². The molecule has 0 spiro atoms. The number of anilines is 1. The van der Waals surface area contributed by atoms with Crippen LogP contribution in [0.4, 0.5) is 5.69 Å². The van der Waals surface area contributed by atoms with E-state index in [-0.39, 0.29) is 24.2 Å².